The first-order chi connectivity index (χ1) is 12.3. The molecular weight excluding hydrogens is 358 g/mol. The molecule has 0 aliphatic carbocycles. The molecule has 3 rings (SSSR count). The lowest BCUT2D eigenvalue weighted by Gasteiger charge is -2.33. The smallest absolute Gasteiger partial charge is 0.262 e. The zero-order valence-electron chi connectivity index (χ0n) is 14.8. The van der Waals surface area contributed by atoms with Gasteiger partial charge in [0.05, 0.1) is 10.6 Å². The molecule has 2 aliphatic heterocycles. The second-order valence-corrected chi connectivity index (χ2v) is 8.58. The van der Waals surface area contributed by atoms with Crippen LogP contribution in [0.5, 0.6) is 5.75 Å². The summed E-state index contributed by atoms with van der Waals surface area (Å²) in [5, 5.41) is 2.60. The highest BCUT2D eigenvalue weighted by Gasteiger charge is 2.28. The van der Waals surface area contributed by atoms with Crippen LogP contribution in [-0.2, 0) is 19.6 Å². The number of benzene rings is 1. The van der Waals surface area contributed by atoms with Crippen molar-refractivity contribution in [2.24, 2.45) is 5.92 Å². The summed E-state index contributed by atoms with van der Waals surface area (Å²) in [5.41, 5.74) is 0.349. The predicted molar refractivity (Wildman–Crippen MR) is 95.3 cm³/mol. The Morgan fingerprint density at radius 2 is 2.00 bits per heavy atom. The largest absolute Gasteiger partial charge is 0.482 e. The fourth-order valence-electron chi connectivity index (χ4n) is 3.10. The van der Waals surface area contributed by atoms with Crippen LogP contribution in [0.15, 0.2) is 23.1 Å². The van der Waals surface area contributed by atoms with Crippen molar-refractivity contribution in [3.8, 4) is 5.75 Å². The maximum atomic E-state index is 12.6. The van der Waals surface area contributed by atoms with Crippen LogP contribution in [0.4, 0.5) is 5.69 Å². The standard InChI is InChI=1S/C17H23N3O5S/c1-11(2)17(22)20-7-5-12(6-8-20)19-26(23,24)13-3-4-15-14(9-13)18-16(21)10-25-15/h3-4,9,11-12,19H,5-8,10H2,1-2H3,(H,18,21). The van der Waals surface area contributed by atoms with E-state index in [9.17, 15) is 18.0 Å². The molecule has 1 aromatic carbocycles. The van der Waals surface area contributed by atoms with E-state index in [1.807, 2.05) is 13.8 Å². The molecule has 2 heterocycles. The summed E-state index contributed by atoms with van der Waals surface area (Å²) in [7, 11) is -3.73. The zero-order chi connectivity index (χ0) is 18.9. The molecule has 0 saturated carbocycles. The molecule has 2 N–H and O–H groups in total. The molecule has 26 heavy (non-hydrogen) atoms. The number of amides is 2. The van der Waals surface area contributed by atoms with Crippen molar-refractivity contribution in [1.82, 2.24) is 9.62 Å². The van der Waals surface area contributed by atoms with Crippen LogP contribution in [0.3, 0.4) is 0 Å². The van der Waals surface area contributed by atoms with Gasteiger partial charge in [0.15, 0.2) is 6.61 Å². The Balaban J connectivity index is 1.66. The van der Waals surface area contributed by atoms with Gasteiger partial charge >= 0.3 is 0 Å². The molecule has 0 bridgehead atoms. The van der Waals surface area contributed by atoms with E-state index in [1.165, 1.54) is 18.2 Å². The number of anilines is 1. The monoisotopic (exact) mass is 381 g/mol. The van der Waals surface area contributed by atoms with Gasteiger partial charge in [-0.05, 0) is 31.0 Å². The molecule has 0 atom stereocenters. The highest BCUT2D eigenvalue weighted by molar-refractivity contribution is 7.89. The van der Waals surface area contributed by atoms with E-state index in [0.717, 1.165) is 0 Å². The van der Waals surface area contributed by atoms with E-state index in [1.54, 1.807) is 4.90 Å². The Kier molecular flexibility index (Phi) is 5.19. The third-order valence-corrected chi connectivity index (χ3v) is 6.03. The Morgan fingerprint density at radius 3 is 2.65 bits per heavy atom. The third-order valence-electron chi connectivity index (χ3n) is 4.52. The molecule has 2 aliphatic rings. The molecule has 1 fully saturated rings. The normalized spacial score (nSPS) is 18.3. The van der Waals surface area contributed by atoms with Crippen molar-refractivity contribution < 1.29 is 22.7 Å². The number of nitrogens with one attached hydrogen (secondary N) is 2. The number of carbonyl (C=O) groups is 2. The lowest BCUT2D eigenvalue weighted by atomic mass is 10.0. The molecule has 0 spiro atoms. The van der Waals surface area contributed by atoms with Crippen molar-refractivity contribution in [1.29, 1.82) is 0 Å². The SMILES string of the molecule is CC(C)C(=O)N1CCC(NS(=O)(=O)c2ccc3c(c2)NC(=O)CO3)CC1. The Bertz CT molecular complexity index is 814. The molecule has 0 radical (unpaired) electrons. The summed E-state index contributed by atoms with van der Waals surface area (Å²) >= 11 is 0. The van der Waals surface area contributed by atoms with Crippen molar-refractivity contribution in [2.45, 2.75) is 37.6 Å². The fraction of sp³-hybridized carbons (Fsp3) is 0.529. The Labute approximate surface area is 152 Å². The summed E-state index contributed by atoms with van der Waals surface area (Å²) in [4.78, 5) is 25.3. The average molecular weight is 381 g/mol. The van der Waals surface area contributed by atoms with Crippen LogP contribution in [0.2, 0.25) is 0 Å². The number of rotatable bonds is 4. The van der Waals surface area contributed by atoms with Gasteiger partial charge in [0.25, 0.3) is 5.91 Å². The van der Waals surface area contributed by atoms with E-state index in [0.29, 0.717) is 37.4 Å². The summed E-state index contributed by atoms with van der Waals surface area (Å²) in [6, 6.07) is 4.16. The van der Waals surface area contributed by atoms with Crippen molar-refractivity contribution in [2.75, 3.05) is 25.0 Å². The molecular formula is C17H23N3O5S. The minimum Gasteiger partial charge on any atom is -0.482 e. The molecule has 0 aromatic heterocycles. The quantitative estimate of drug-likeness (QED) is 0.808. The molecule has 1 saturated heterocycles. The number of hydrogen-bond donors (Lipinski definition) is 2. The Hall–Kier alpha value is -2.13. The van der Waals surface area contributed by atoms with Gasteiger partial charge in [-0.15, -0.1) is 0 Å². The predicted octanol–water partition coefficient (Wildman–Crippen LogP) is 0.943. The zero-order valence-corrected chi connectivity index (χ0v) is 15.6. The number of ether oxygens (including phenoxy) is 1. The summed E-state index contributed by atoms with van der Waals surface area (Å²) in [5.74, 6) is 0.166. The van der Waals surface area contributed by atoms with Crippen LogP contribution in [0, 0.1) is 5.92 Å². The van der Waals surface area contributed by atoms with Crippen LogP contribution < -0.4 is 14.8 Å². The number of carbonyl (C=O) groups excluding carboxylic acids is 2. The van der Waals surface area contributed by atoms with E-state index >= 15 is 0 Å². The minimum absolute atomic E-state index is 0.0591. The maximum Gasteiger partial charge on any atom is 0.262 e. The van der Waals surface area contributed by atoms with Gasteiger partial charge in [-0.25, -0.2) is 13.1 Å². The third kappa shape index (κ3) is 3.99. The molecule has 1 aromatic rings. The van der Waals surface area contributed by atoms with Crippen LogP contribution in [0.1, 0.15) is 26.7 Å². The maximum absolute atomic E-state index is 12.6. The van der Waals surface area contributed by atoms with E-state index in [4.69, 9.17) is 4.74 Å². The highest BCUT2D eigenvalue weighted by atomic mass is 32.2. The summed E-state index contributed by atoms with van der Waals surface area (Å²) < 4.78 is 33.2. The van der Waals surface area contributed by atoms with Crippen LogP contribution >= 0.6 is 0 Å². The van der Waals surface area contributed by atoms with Crippen molar-refractivity contribution in [3.05, 3.63) is 18.2 Å². The van der Waals surface area contributed by atoms with Crippen LogP contribution in [0.25, 0.3) is 0 Å². The van der Waals surface area contributed by atoms with Crippen molar-refractivity contribution in [3.63, 3.8) is 0 Å². The van der Waals surface area contributed by atoms with Gasteiger partial charge in [0.1, 0.15) is 5.75 Å². The number of likely N-dealkylation sites (tertiary alicyclic amines) is 1. The number of fused-ring (bicyclic) bond motifs is 1. The van der Waals surface area contributed by atoms with Gasteiger partial charge in [-0.2, -0.15) is 0 Å². The molecule has 2 amide bonds. The second-order valence-electron chi connectivity index (χ2n) is 6.87. The summed E-state index contributed by atoms with van der Waals surface area (Å²) in [6.45, 7) is 4.72. The number of piperidine rings is 1. The average Bonchev–Trinajstić information content (AvgIpc) is 2.60. The van der Waals surface area contributed by atoms with Gasteiger partial charge in [-0.1, -0.05) is 13.8 Å². The minimum atomic E-state index is -3.73. The topological polar surface area (TPSA) is 105 Å². The lowest BCUT2D eigenvalue weighted by molar-refractivity contribution is -0.135. The van der Waals surface area contributed by atoms with E-state index < -0.39 is 10.0 Å². The highest BCUT2D eigenvalue weighted by Crippen LogP contribution is 2.30. The van der Waals surface area contributed by atoms with Crippen LogP contribution in [-0.4, -0.2) is 50.9 Å². The molecule has 142 valence electrons. The first-order valence-corrected chi connectivity index (χ1v) is 10.1. The molecule has 9 heteroatoms. The number of nitrogens with zero attached hydrogens (tertiary/aromatic N) is 1. The van der Waals surface area contributed by atoms with Gasteiger partial charge in [0.2, 0.25) is 15.9 Å². The molecule has 0 unspecified atom stereocenters. The summed E-state index contributed by atoms with van der Waals surface area (Å²) in [6.07, 6.45) is 1.14. The van der Waals surface area contributed by atoms with Gasteiger partial charge in [-0.3, -0.25) is 9.59 Å². The Morgan fingerprint density at radius 1 is 1.31 bits per heavy atom. The van der Waals surface area contributed by atoms with Gasteiger partial charge in [0, 0.05) is 25.0 Å². The van der Waals surface area contributed by atoms with Crippen molar-refractivity contribution >= 4 is 27.5 Å². The molecule has 8 nitrogen and oxygen atoms in total. The number of hydrogen-bond acceptors (Lipinski definition) is 5. The van der Waals surface area contributed by atoms with E-state index in [-0.39, 0.29) is 35.3 Å². The number of sulfonamides is 1. The van der Waals surface area contributed by atoms with Gasteiger partial charge < -0.3 is 15.0 Å². The first kappa shape index (κ1) is 18.7. The fourth-order valence-corrected chi connectivity index (χ4v) is 4.43. The lowest BCUT2D eigenvalue weighted by Crippen LogP contribution is -2.47. The second kappa shape index (κ2) is 7.24. The van der Waals surface area contributed by atoms with E-state index in [2.05, 4.69) is 10.0 Å². The first-order valence-electron chi connectivity index (χ1n) is 8.64.